The predicted octanol–water partition coefficient (Wildman–Crippen LogP) is 3.66. The first-order valence-corrected chi connectivity index (χ1v) is 7.08. The first-order valence-electron chi connectivity index (χ1n) is 6.29. The van der Waals surface area contributed by atoms with Crippen LogP contribution in [0.15, 0.2) is 40.9 Å². The van der Waals surface area contributed by atoms with Gasteiger partial charge in [-0.2, -0.15) is 0 Å². The third-order valence-corrected chi connectivity index (χ3v) is 3.99. The molecule has 0 saturated carbocycles. The third-order valence-electron chi connectivity index (χ3n) is 3.31. The number of phenols is 1. The number of aromatic hydroxyl groups is 1. The Kier molecular flexibility index (Phi) is 3.43. The Balaban J connectivity index is 2.11. The Labute approximate surface area is 130 Å². The minimum absolute atomic E-state index is 0.0271. The second-order valence-electron chi connectivity index (χ2n) is 4.60. The molecular formula is C16H12BrNO3. The molecule has 0 saturated heterocycles. The van der Waals surface area contributed by atoms with Gasteiger partial charge in [0.15, 0.2) is 11.5 Å². The minimum Gasteiger partial charge on any atom is -0.504 e. The fourth-order valence-electron chi connectivity index (χ4n) is 2.27. The van der Waals surface area contributed by atoms with Crippen LogP contribution in [0.5, 0.6) is 11.5 Å². The van der Waals surface area contributed by atoms with Crippen LogP contribution in [0.4, 0.5) is 5.69 Å². The van der Waals surface area contributed by atoms with Crippen molar-refractivity contribution in [2.45, 2.75) is 0 Å². The number of benzene rings is 2. The zero-order chi connectivity index (χ0) is 15.0. The number of fused-ring (bicyclic) bond motifs is 1. The summed E-state index contributed by atoms with van der Waals surface area (Å²) in [5.74, 6) is 0.248. The van der Waals surface area contributed by atoms with Gasteiger partial charge in [-0.05, 0) is 29.8 Å². The van der Waals surface area contributed by atoms with E-state index in [2.05, 4.69) is 21.2 Å². The molecule has 21 heavy (non-hydrogen) atoms. The molecule has 0 spiro atoms. The van der Waals surface area contributed by atoms with Gasteiger partial charge in [-0.3, -0.25) is 4.79 Å². The van der Waals surface area contributed by atoms with Crippen LogP contribution < -0.4 is 10.1 Å². The summed E-state index contributed by atoms with van der Waals surface area (Å²) in [5.41, 5.74) is 2.92. The molecule has 106 valence electrons. The van der Waals surface area contributed by atoms with Crippen LogP contribution in [0.25, 0.3) is 11.6 Å². The maximum absolute atomic E-state index is 12.1. The van der Waals surface area contributed by atoms with Gasteiger partial charge >= 0.3 is 0 Å². The lowest BCUT2D eigenvalue weighted by atomic mass is 10.0. The number of nitrogens with one attached hydrogen (secondary N) is 1. The van der Waals surface area contributed by atoms with E-state index in [-0.39, 0.29) is 11.7 Å². The van der Waals surface area contributed by atoms with E-state index in [9.17, 15) is 9.90 Å². The zero-order valence-electron chi connectivity index (χ0n) is 11.2. The molecule has 4 nitrogen and oxygen atoms in total. The van der Waals surface area contributed by atoms with Crippen molar-refractivity contribution in [1.82, 2.24) is 0 Å². The largest absolute Gasteiger partial charge is 0.504 e. The molecule has 0 aromatic heterocycles. The molecule has 0 atom stereocenters. The van der Waals surface area contributed by atoms with Gasteiger partial charge in [0.25, 0.3) is 5.91 Å². The maximum Gasteiger partial charge on any atom is 0.256 e. The monoisotopic (exact) mass is 345 g/mol. The number of para-hydroxylation sites is 1. The fraction of sp³-hybridized carbons (Fsp3) is 0.0625. The first kappa shape index (κ1) is 13.7. The number of carbonyl (C=O) groups excluding carboxylic acids is 1. The van der Waals surface area contributed by atoms with Crippen molar-refractivity contribution < 1.29 is 14.6 Å². The van der Waals surface area contributed by atoms with Crippen LogP contribution in [-0.4, -0.2) is 18.1 Å². The van der Waals surface area contributed by atoms with E-state index >= 15 is 0 Å². The van der Waals surface area contributed by atoms with Crippen LogP contribution in [0, 0.1) is 0 Å². The highest BCUT2D eigenvalue weighted by Crippen LogP contribution is 2.37. The topological polar surface area (TPSA) is 58.6 Å². The van der Waals surface area contributed by atoms with Gasteiger partial charge in [0.1, 0.15) is 0 Å². The second kappa shape index (κ2) is 5.26. The first-order chi connectivity index (χ1) is 10.1. The molecule has 0 fully saturated rings. The molecular weight excluding hydrogens is 334 g/mol. The van der Waals surface area contributed by atoms with E-state index in [0.717, 1.165) is 15.7 Å². The highest BCUT2D eigenvalue weighted by molar-refractivity contribution is 9.10. The molecule has 2 aromatic rings. The summed E-state index contributed by atoms with van der Waals surface area (Å²) in [6.07, 6.45) is 1.74. The van der Waals surface area contributed by atoms with Gasteiger partial charge < -0.3 is 15.2 Å². The highest BCUT2D eigenvalue weighted by Gasteiger charge is 2.23. The van der Waals surface area contributed by atoms with Crippen LogP contribution >= 0.6 is 15.9 Å². The number of phenolic OH excluding ortho intramolecular Hbond substituents is 1. The molecule has 1 amide bonds. The maximum atomic E-state index is 12.1. The van der Waals surface area contributed by atoms with Gasteiger partial charge in [-0.25, -0.2) is 0 Å². The van der Waals surface area contributed by atoms with Gasteiger partial charge in [-0.1, -0.05) is 34.1 Å². The Morgan fingerprint density at radius 1 is 1.29 bits per heavy atom. The summed E-state index contributed by atoms with van der Waals surface area (Å²) in [6, 6.07) is 10.7. The summed E-state index contributed by atoms with van der Waals surface area (Å²) in [5, 5.41) is 12.7. The summed E-state index contributed by atoms with van der Waals surface area (Å²) in [7, 11) is 1.49. The summed E-state index contributed by atoms with van der Waals surface area (Å²) in [4.78, 5) is 12.1. The normalized spacial score (nSPS) is 15.0. The molecule has 0 unspecified atom stereocenters. The fourth-order valence-corrected chi connectivity index (χ4v) is 2.71. The molecule has 0 bridgehead atoms. The molecule has 5 heteroatoms. The van der Waals surface area contributed by atoms with Gasteiger partial charge in [-0.15, -0.1) is 0 Å². The van der Waals surface area contributed by atoms with Gasteiger partial charge in [0.2, 0.25) is 0 Å². The lowest BCUT2D eigenvalue weighted by molar-refractivity contribution is -0.110. The smallest absolute Gasteiger partial charge is 0.256 e. The molecule has 2 aromatic carbocycles. The number of rotatable bonds is 2. The lowest BCUT2D eigenvalue weighted by Gasteiger charge is -2.07. The van der Waals surface area contributed by atoms with E-state index in [1.165, 1.54) is 7.11 Å². The molecule has 0 radical (unpaired) electrons. The van der Waals surface area contributed by atoms with E-state index in [1.54, 1.807) is 18.2 Å². The van der Waals surface area contributed by atoms with Crippen molar-refractivity contribution in [1.29, 1.82) is 0 Å². The highest BCUT2D eigenvalue weighted by atomic mass is 79.9. The second-order valence-corrected chi connectivity index (χ2v) is 5.46. The van der Waals surface area contributed by atoms with E-state index < -0.39 is 0 Å². The molecule has 2 N–H and O–H groups in total. The average molecular weight is 346 g/mol. The van der Waals surface area contributed by atoms with E-state index in [1.807, 2.05) is 24.3 Å². The van der Waals surface area contributed by atoms with Crippen molar-refractivity contribution in [3.63, 3.8) is 0 Å². The zero-order valence-corrected chi connectivity index (χ0v) is 12.8. The van der Waals surface area contributed by atoms with Crippen LogP contribution in [-0.2, 0) is 4.79 Å². The minimum atomic E-state index is -0.154. The SMILES string of the molecule is COc1cc(Br)c(C=C2C(=O)Nc3ccccc32)cc1O. The summed E-state index contributed by atoms with van der Waals surface area (Å²) >= 11 is 3.42. The Bertz CT molecular complexity index is 768. The lowest BCUT2D eigenvalue weighted by Crippen LogP contribution is -2.03. The predicted molar refractivity (Wildman–Crippen MR) is 85.3 cm³/mol. The number of amides is 1. The van der Waals surface area contributed by atoms with Crippen molar-refractivity contribution >= 4 is 39.2 Å². The van der Waals surface area contributed by atoms with Gasteiger partial charge in [0, 0.05) is 21.3 Å². The molecule has 1 heterocycles. The number of ether oxygens (including phenoxy) is 1. The number of methoxy groups -OCH3 is 1. The standard InChI is InChI=1S/C16H12BrNO3/c1-21-15-8-12(17)9(7-14(15)19)6-11-10-4-2-3-5-13(10)18-16(11)20/h2-8,19H,1H3,(H,18,20). The number of halogens is 1. The van der Waals surface area contributed by atoms with Crippen molar-refractivity contribution in [2.75, 3.05) is 12.4 Å². The van der Waals surface area contributed by atoms with Gasteiger partial charge in [0.05, 0.1) is 7.11 Å². The number of hydrogen-bond donors (Lipinski definition) is 2. The molecule has 3 rings (SSSR count). The molecule has 0 aliphatic carbocycles. The molecule has 1 aliphatic rings. The quantitative estimate of drug-likeness (QED) is 0.816. The van der Waals surface area contributed by atoms with Crippen molar-refractivity contribution in [2.24, 2.45) is 0 Å². The van der Waals surface area contributed by atoms with Crippen molar-refractivity contribution in [3.8, 4) is 11.5 Å². The summed E-state index contributed by atoms with van der Waals surface area (Å²) in [6.45, 7) is 0. The van der Waals surface area contributed by atoms with Crippen LogP contribution in [0.2, 0.25) is 0 Å². The Morgan fingerprint density at radius 2 is 2.05 bits per heavy atom. The third kappa shape index (κ3) is 2.40. The summed E-state index contributed by atoms with van der Waals surface area (Å²) < 4.78 is 5.79. The average Bonchev–Trinajstić information content (AvgIpc) is 2.78. The van der Waals surface area contributed by atoms with Crippen LogP contribution in [0.3, 0.4) is 0 Å². The molecule has 1 aliphatic heterocycles. The Morgan fingerprint density at radius 3 is 2.81 bits per heavy atom. The van der Waals surface area contributed by atoms with Crippen molar-refractivity contribution in [3.05, 3.63) is 52.0 Å². The number of anilines is 1. The van der Waals surface area contributed by atoms with E-state index in [4.69, 9.17) is 4.74 Å². The van der Waals surface area contributed by atoms with E-state index in [0.29, 0.717) is 16.9 Å². The number of carbonyl (C=O) groups is 1. The Hall–Kier alpha value is -2.27. The van der Waals surface area contributed by atoms with Crippen LogP contribution in [0.1, 0.15) is 11.1 Å². The number of hydrogen-bond acceptors (Lipinski definition) is 3.